The van der Waals surface area contributed by atoms with Gasteiger partial charge in [0.05, 0.1) is 18.4 Å². The van der Waals surface area contributed by atoms with Gasteiger partial charge in [-0.25, -0.2) is 0 Å². The lowest BCUT2D eigenvalue weighted by Crippen LogP contribution is -2.50. The Bertz CT molecular complexity index is 783. The standard InChI is InChI=1S/C18H19N3O3/c22-17(14-5-10-24-12-14)20-6-8-21(9-7-20)18(23)16-11-13-3-1-2-4-15(13)19-16/h1-4,11-12,19H,5-10H2. The van der Waals surface area contributed by atoms with Crippen molar-refractivity contribution in [2.24, 2.45) is 0 Å². The highest BCUT2D eigenvalue weighted by molar-refractivity contribution is 5.98. The highest BCUT2D eigenvalue weighted by Gasteiger charge is 2.28. The first-order chi connectivity index (χ1) is 11.7. The molecule has 124 valence electrons. The van der Waals surface area contributed by atoms with Crippen LogP contribution in [0.4, 0.5) is 0 Å². The van der Waals surface area contributed by atoms with E-state index in [1.165, 1.54) is 0 Å². The Hall–Kier alpha value is -2.76. The lowest BCUT2D eigenvalue weighted by atomic mass is 10.2. The van der Waals surface area contributed by atoms with Gasteiger partial charge in [-0.05, 0) is 12.1 Å². The Labute approximate surface area is 139 Å². The Balaban J connectivity index is 1.41. The van der Waals surface area contributed by atoms with Crippen molar-refractivity contribution in [2.75, 3.05) is 32.8 Å². The smallest absolute Gasteiger partial charge is 0.270 e. The summed E-state index contributed by atoms with van der Waals surface area (Å²) in [7, 11) is 0. The number of benzene rings is 1. The first kappa shape index (κ1) is 14.8. The van der Waals surface area contributed by atoms with Gasteiger partial charge in [-0.3, -0.25) is 9.59 Å². The van der Waals surface area contributed by atoms with E-state index in [2.05, 4.69) is 4.98 Å². The van der Waals surface area contributed by atoms with Gasteiger partial charge in [0.25, 0.3) is 11.8 Å². The molecular formula is C18H19N3O3. The van der Waals surface area contributed by atoms with Crippen molar-refractivity contribution in [1.29, 1.82) is 0 Å². The van der Waals surface area contributed by atoms with Crippen LogP contribution in [0.2, 0.25) is 0 Å². The number of aromatic nitrogens is 1. The zero-order chi connectivity index (χ0) is 16.5. The van der Waals surface area contributed by atoms with Gasteiger partial charge in [0.1, 0.15) is 5.69 Å². The summed E-state index contributed by atoms with van der Waals surface area (Å²) < 4.78 is 5.14. The van der Waals surface area contributed by atoms with Crippen molar-refractivity contribution in [3.05, 3.63) is 47.9 Å². The summed E-state index contributed by atoms with van der Waals surface area (Å²) in [5, 5.41) is 1.03. The maximum Gasteiger partial charge on any atom is 0.270 e. The molecule has 0 radical (unpaired) electrons. The highest BCUT2D eigenvalue weighted by atomic mass is 16.5. The maximum absolute atomic E-state index is 12.7. The second-order valence-electron chi connectivity index (χ2n) is 6.12. The number of fused-ring (bicyclic) bond motifs is 1. The normalized spacial score (nSPS) is 17.8. The van der Waals surface area contributed by atoms with E-state index < -0.39 is 0 Å². The fraction of sp³-hybridized carbons (Fsp3) is 0.333. The third-order valence-corrected chi connectivity index (χ3v) is 4.60. The molecule has 1 N–H and O–H groups in total. The van der Waals surface area contributed by atoms with Crippen LogP contribution >= 0.6 is 0 Å². The predicted octanol–water partition coefficient (Wildman–Crippen LogP) is 1.76. The number of hydrogen-bond donors (Lipinski definition) is 1. The summed E-state index contributed by atoms with van der Waals surface area (Å²) >= 11 is 0. The predicted molar refractivity (Wildman–Crippen MR) is 89.4 cm³/mol. The minimum Gasteiger partial charge on any atom is -0.500 e. The number of amides is 2. The molecule has 1 aromatic carbocycles. The molecule has 1 saturated heterocycles. The number of ether oxygens (including phenoxy) is 1. The monoisotopic (exact) mass is 325 g/mol. The molecule has 0 spiro atoms. The van der Waals surface area contributed by atoms with E-state index in [9.17, 15) is 9.59 Å². The molecule has 2 amide bonds. The van der Waals surface area contributed by atoms with E-state index in [0.717, 1.165) is 16.5 Å². The molecule has 24 heavy (non-hydrogen) atoms. The van der Waals surface area contributed by atoms with E-state index >= 15 is 0 Å². The molecule has 6 heteroatoms. The maximum atomic E-state index is 12.7. The van der Waals surface area contributed by atoms with Crippen molar-refractivity contribution >= 4 is 22.7 Å². The largest absolute Gasteiger partial charge is 0.500 e. The van der Waals surface area contributed by atoms with Gasteiger partial charge in [-0.1, -0.05) is 18.2 Å². The van der Waals surface area contributed by atoms with Crippen LogP contribution in [-0.2, 0) is 9.53 Å². The minimum atomic E-state index is -0.0123. The molecule has 0 unspecified atom stereocenters. The van der Waals surface area contributed by atoms with Crippen LogP contribution in [0.25, 0.3) is 10.9 Å². The SMILES string of the molecule is O=C(C1=COCC1)N1CCN(C(=O)c2cc3ccccc3[nH]2)CC1. The average Bonchev–Trinajstić information content (AvgIpc) is 3.30. The summed E-state index contributed by atoms with van der Waals surface area (Å²) in [4.78, 5) is 31.8. The molecule has 3 heterocycles. The number of H-pyrrole nitrogens is 1. The number of para-hydroxylation sites is 1. The van der Waals surface area contributed by atoms with Gasteiger partial charge in [-0.15, -0.1) is 0 Å². The molecule has 4 rings (SSSR count). The summed E-state index contributed by atoms with van der Waals surface area (Å²) in [6.45, 7) is 2.80. The van der Waals surface area contributed by atoms with Gasteiger partial charge in [0.2, 0.25) is 0 Å². The Morgan fingerprint density at radius 1 is 1.00 bits per heavy atom. The zero-order valence-electron chi connectivity index (χ0n) is 13.3. The quantitative estimate of drug-likeness (QED) is 0.915. The molecule has 2 aliphatic heterocycles. The third-order valence-electron chi connectivity index (χ3n) is 4.60. The van der Waals surface area contributed by atoms with E-state index in [-0.39, 0.29) is 11.8 Å². The zero-order valence-corrected chi connectivity index (χ0v) is 13.3. The second-order valence-corrected chi connectivity index (χ2v) is 6.12. The third kappa shape index (κ3) is 2.64. The minimum absolute atomic E-state index is 0.0123. The van der Waals surface area contributed by atoms with Crippen molar-refractivity contribution < 1.29 is 14.3 Å². The Kier molecular flexibility index (Phi) is 3.72. The number of rotatable bonds is 2. The fourth-order valence-corrected chi connectivity index (χ4v) is 3.22. The van der Waals surface area contributed by atoms with Crippen LogP contribution in [0.3, 0.4) is 0 Å². The van der Waals surface area contributed by atoms with Crippen LogP contribution in [0.15, 0.2) is 42.2 Å². The molecule has 2 aliphatic rings. The second kappa shape index (κ2) is 6.03. The van der Waals surface area contributed by atoms with Crippen LogP contribution in [0.5, 0.6) is 0 Å². The van der Waals surface area contributed by atoms with Crippen LogP contribution < -0.4 is 0 Å². The van der Waals surface area contributed by atoms with Crippen molar-refractivity contribution in [3.63, 3.8) is 0 Å². The van der Waals surface area contributed by atoms with Crippen LogP contribution in [0, 0.1) is 0 Å². The van der Waals surface area contributed by atoms with Crippen molar-refractivity contribution in [1.82, 2.24) is 14.8 Å². The number of aromatic amines is 1. The van der Waals surface area contributed by atoms with Crippen LogP contribution in [-0.4, -0.2) is 59.4 Å². The number of piperazine rings is 1. The molecule has 2 aromatic rings. The highest BCUT2D eigenvalue weighted by Crippen LogP contribution is 2.18. The van der Waals surface area contributed by atoms with Gasteiger partial charge in [-0.2, -0.15) is 0 Å². The van der Waals surface area contributed by atoms with E-state index in [4.69, 9.17) is 4.74 Å². The molecule has 0 bridgehead atoms. The van der Waals surface area contributed by atoms with Gasteiger partial charge in [0, 0.05) is 43.5 Å². The topological polar surface area (TPSA) is 65.6 Å². The van der Waals surface area contributed by atoms with E-state index in [1.807, 2.05) is 30.3 Å². The molecule has 0 aliphatic carbocycles. The molecule has 0 atom stereocenters. The number of carbonyl (C=O) groups is 2. The Morgan fingerprint density at radius 2 is 1.71 bits per heavy atom. The van der Waals surface area contributed by atoms with Crippen molar-refractivity contribution in [2.45, 2.75) is 6.42 Å². The van der Waals surface area contributed by atoms with E-state index in [0.29, 0.717) is 44.9 Å². The number of carbonyl (C=O) groups excluding carboxylic acids is 2. The summed E-state index contributed by atoms with van der Waals surface area (Å²) in [5.74, 6) is 0.0203. The first-order valence-corrected chi connectivity index (χ1v) is 8.19. The molecular weight excluding hydrogens is 306 g/mol. The molecule has 0 saturated carbocycles. The Morgan fingerprint density at radius 3 is 2.38 bits per heavy atom. The van der Waals surface area contributed by atoms with Gasteiger partial charge >= 0.3 is 0 Å². The molecule has 6 nitrogen and oxygen atoms in total. The fourth-order valence-electron chi connectivity index (χ4n) is 3.22. The lowest BCUT2D eigenvalue weighted by Gasteiger charge is -2.34. The first-order valence-electron chi connectivity index (χ1n) is 8.19. The van der Waals surface area contributed by atoms with E-state index in [1.54, 1.807) is 16.1 Å². The number of nitrogens with one attached hydrogen (secondary N) is 1. The summed E-state index contributed by atoms with van der Waals surface area (Å²) in [5.41, 5.74) is 2.29. The van der Waals surface area contributed by atoms with Crippen molar-refractivity contribution in [3.8, 4) is 0 Å². The van der Waals surface area contributed by atoms with Crippen LogP contribution in [0.1, 0.15) is 16.9 Å². The van der Waals surface area contributed by atoms with Gasteiger partial charge in [0.15, 0.2) is 0 Å². The molecule has 1 fully saturated rings. The summed E-state index contributed by atoms with van der Waals surface area (Å²) in [6, 6.07) is 9.72. The molecule has 1 aromatic heterocycles. The number of nitrogens with zero attached hydrogens (tertiary/aromatic N) is 2. The summed E-state index contributed by atoms with van der Waals surface area (Å²) in [6.07, 6.45) is 2.23. The number of hydrogen-bond acceptors (Lipinski definition) is 3. The lowest BCUT2D eigenvalue weighted by molar-refractivity contribution is -0.128. The van der Waals surface area contributed by atoms with Gasteiger partial charge < -0.3 is 19.5 Å². The average molecular weight is 325 g/mol.